The molecule has 116 valence electrons. The maximum atomic E-state index is 12.3. The minimum atomic E-state index is -0.691. The number of anilines is 2. The summed E-state index contributed by atoms with van der Waals surface area (Å²) in [6, 6.07) is 7.23. The molecule has 1 heterocycles. The molecule has 0 aliphatic rings. The van der Waals surface area contributed by atoms with Crippen LogP contribution in [0.4, 0.5) is 11.5 Å². The van der Waals surface area contributed by atoms with Gasteiger partial charge in [0, 0.05) is 24.3 Å². The van der Waals surface area contributed by atoms with Crippen LogP contribution in [0.5, 0.6) is 0 Å². The van der Waals surface area contributed by atoms with Crippen LogP contribution in [0, 0.1) is 0 Å². The smallest absolute Gasteiger partial charge is 0.332 e. The van der Waals surface area contributed by atoms with Crippen LogP contribution >= 0.6 is 15.9 Å². The Bertz CT molecular complexity index is 837. The number of nitrogen functional groups attached to an aromatic ring is 1. The van der Waals surface area contributed by atoms with E-state index in [1.165, 1.54) is 14.1 Å². The Morgan fingerprint density at radius 3 is 2.36 bits per heavy atom. The van der Waals surface area contributed by atoms with Crippen LogP contribution in [0.15, 0.2) is 38.3 Å². The first-order chi connectivity index (χ1) is 10.3. The summed E-state index contributed by atoms with van der Waals surface area (Å²) < 4.78 is 2.86. The van der Waals surface area contributed by atoms with Crippen molar-refractivity contribution >= 4 is 33.2 Å². The van der Waals surface area contributed by atoms with Gasteiger partial charge in [0.05, 0.1) is 6.54 Å². The van der Waals surface area contributed by atoms with E-state index in [0.29, 0.717) is 0 Å². The Kier molecular flexibility index (Phi) is 4.51. The summed E-state index contributed by atoms with van der Waals surface area (Å²) >= 11 is 3.32. The van der Waals surface area contributed by atoms with Gasteiger partial charge in [0.15, 0.2) is 5.78 Å². The third kappa shape index (κ3) is 2.96. The molecule has 8 heteroatoms. The van der Waals surface area contributed by atoms with Gasteiger partial charge < -0.3 is 11.1 Å². The number of halogens is 1. The van der Waals surface area contributed by atoms with Gasteiger partial charge in [-0.15, -0.1) is 0 Å². The van der Waals surface area contributed by atoms with E-state index in [1.54, 1.807) is 12.1 Å². The normalized spacial score (nSPS) is 10.5. The number of rotatable bonds is 4. The predicted molar refractivity (Wildman–Crippen MR) is 88.3 cm³/mol. The van der Waals surface area contributed by atoms with E-state index in [-0.39, 0.29) is 17.9 Å². The summed E-state index contributed by atoms with van der Waals surface area (Å²) in [7, 11) is 2.72. The Labute approximate surface area is 134 Å². The molecule has 0 radical (unpaired) electrons. The molecule has 0 fully saturated rings. The van der Waals surface area contributed by atoms with Crippen molar-refractivity contribution in [3.8, 4) is 0 Å². The van der Waals surface area contributed by atoms with Gasteiger partial charge in [0.2, 0.25) is 0 Å². The van der Waals surface area contributed by atoms with Crippen LogP contribution in [-0.2, 0) is 14.1 Å². The van der Waals surface area contributed by atoms with Crippen molar-refractivity contribution in [1.29, 1.82) is 0 Å². The zero-order valence-electron chi connectivity index (χ0n) is 12.1. The molecular weight excluding hydrogens is 352 g/mol. The minimum absolute atomic E-state index is 0.0979. The summed E-state index contributed by atoms with van der Waals surface area (Å²) in [6.07, 6.45) is 0. The second-order valence-electron chi connectivity index (χ2n) is 4.75. The Morgan fingerprint density at radius 1 is 1.18 bits per heavy atom. The lowest BCUT2D eigenvalue weighted by atomic mass is 10.2. The van der Waals surface area contributed by atoms with Crippen LogP contribution in [0.2, 0.25) is 0 Å². The standard InChI is InChI=1S/C14H15BrN4O3/c1-18-12(16)11(13(21)19(2)14(18)22)10(20)7-17-9-5-3-8(15)4-6-9/h3-6,17H,7,16H2,1-2H3. The number of Topliss-reactive ketones (excluding diaryl/α,β-unsaturated/α-hetero) is 1. The van der Waals surface area contributed by atoms with E-state index in [4.69, 9.17) is 5.73 Å². The van der Waals surface area contributed by atoms with E-state index >= 15 is 0 Å². The summed E-state index contributed by atoms with van der Waals surface area (Å²) in [5.41, 5.74) is 5.02. The fraction of sp³-hybridized carbons (Fsp3) is 0.214. The monoisotopic (exact) mass is 366 g/mol. The molecule has 7 nitrogen and oxygen atoms in total. The summed E-state index contributed by atoms with van der Waals surface area (Å²) in [5, 5.41) is 2.92. The number of hydrogen-bond acceptors (Lipinski definition) is 5. The molecule has 0 spiro atoms. The maximum Gasteiger partial charge on any atom is 0.332 e. The highest BCUT2D eigenvalue weighted by atomic mass is 79.9. The molecule has 0 amide bonds. The first-order valence-corrected chi connectivity index (χ1v) is 7.20. The highest BCUT2D eigenvalue weighted by Crippen LogP contribution is 2.14. The van der Waals surface area contributed by atoms with Crippen molar-refractivity contribution < 1.29 is 4.79 Å². The maximum absolute atomic E-state index is 12.3. The summed E-state index contributed by atoms with van der Waals surface area (Å²) in [4.78, 5) is 36.0. The molecule has 22 heavy (non-hydrogen) atoms. The van der Waals surface area contributed by atoms with Crippen LogP contribution in [0.1, 0.15) is 10.4 Å². The Balaban J connectivity index is 2.29. The lowest BCUT2D eigenvalue weighted by Gasteiger charge is -2.11. The third-order valence-corrected chi connectivity index (χ3v) is 3.81. The van der Waals surface area contributed by atoms with Gasteiger partial charge in [-0.1, -0.05) is 15.9 Å². The van der Waals surface area contributed by atoms with Crippen molar-refractivity contribution in [1.82, 2.24) is 9.13 Å². The largest absolute Gasteiger partial charge is 0.384 e. The molecule has 0 bridgehead atoms. The number of benzene rings is 1. The molecule has 1 aromatic heterocycles. The first-order valence-electron chi connectivity index (χ1n) is 6.41. The fourth-order valence-corrected chi connectivity index (χ4v) is 2.22. The van der Waals surface area contributed by atoms with Crippen molar-refractivity contribution in [2.24, 2.45) is 14.1 Å². The molecule has 0 aliphatic heterocycles. The molecular formula is C14H15BrN4O3. The van der Waals surface area contributed by atoms with Crippen molar-refractivity contribution in [2.75, 3.05) is 17.6 Å². The zero-order valence-corrected chi connectivity index (χ0v) is 13.7. The second-order valence-corrected chi connectivity index (χ2v) is 5.67. The lowest BCUT2D eigenvalue weighted by molar-refractivity contribution is 0.100. The number of hydrogen-bond donors (Lipinski definition) is 2. The highest BCUT2D eigenvalue weighted by Gasteiger charge is 2.19. The second kappa shape index (κ2) is 6.18. The number of nitrogens with one attached hydrogen (secondary N) is 1. The molecule has 0 atom stereocenters. The van der Waals surface area contributed by atoms with E-state index in [9.17, 15) is 14.4 Å². The average molecular weight is 367 g/mol. The van der Waals surface area contributed by atoms with Gasteiger partial charge in [-0.3, -0.25) is 18.7 Å². The zero-order chi connectivity index (χ0) is 16.4. The van der Waals surface area contributed by atoms with E-state index in [1.807, 2.05) is 12.1 Å². The van der Waals surface area contributed by atoms with Crippen molar-refractivity contribution in [3.63, 3.8) is 0 Å². The topological polar surface area (TPSA) is 99.1 Å². The number of ketones is 1. The quantitative estimate of drug-likeness (QED) is 0.776. The molecule has 3 N–H and O–H groups in total. The van der Waals surface area contributed by atoms with Gasteiger partial charge in [0.25, 0.3) is 5.56 Å². The van der Waals surface area contributed by atoms with Gasteiger partial charge in [-0.05, 0) is 24.3 Å². The van der Waals surface area contributed by atoms with Gasteiger partial charge in [0.1, 0.15) is 11.4 Å². The number of carbonyl (C=O) groups excluding carboxylic acids is 1. The number of carbonyl (C=O) groups is 1. The minimum Gasteiger partial charge on any atom is -0.384 e. The highest BCUT2D eigenvalue weighted by molar-refractivity contribution is 9.10. The van der Waals surface area contributed by atoms with Crippen LogP contribution < -0.4 is 22.3 Å². The van der Waals surface area contributed by atoms with Crippen LogP contribution in [0.25, 0.3) is 0 Å². The molecule has 0 saturated heterocycles. The third-order valence-electron chi connectivity index (χ3n) is 3.29. The van der Waals surface area contributed by atoms with Crippen LogP contribution in [-0.4, -0.2) is 21.5 Å². The lowest BCUT2D eigenvalue weighted by Crippen LogP contribution is -2.42. The molecule has 1 aromatic carbocycles. The molecule has 0 unspecified atom stereocenters. The molecule has 0 saturated carbocycles. The van der Waals surface area contributed by atoms with Crippen molar-refractivity contribution in [2.45, 2.75) is 0 Å². The molecule has 2 rings (SSSR count). The molecule has 2 aromatic rings. The van der Waals surface area contributed by atoms with Gasteiger partial charge >= 0.3 is 5.69 Å². The van der Waals surface area contributed by atoms with E-state index in [0.717, 1.165) is 19.3 Å². The molecule has 0 aliphatic carbocycles. The number of nitrogens with zero attached hydrogens (tertiary/aromatic N) is 2. The van der Waals surface area contributed by atoms with Crippen LogP contribution in [0.3, 0.4) is 0 Å². The first kappa shape index (κ1) is 16.0. The SMILES string of the molecule is Cn1c(N)c(C(=O)CNc2ccc(Br)cc2)c(=O)n(C)c1=O. The summed E-state index contributed by atoms with van der Waals surface area (Å²) in [5.74, 6) is -0.604. The fourth-order valence-electron chi connectivity index (χ4n) is 1.96. The average Bonchev–Trinajstić information content (AvgIpc) is 2.50. The summed E-state index contributed by atoms with van der Waals surface area (Å²) in [6.45, 7) is -0.0979. The Morgan fingerprint density at radius 2 is 1.77 bits per heavy atom. The predicted octanol–water partition coefficient (Wildman–Crippen LogP) is 0.723. The number of aromatic nitrogens is 2. The van der Waals surface area contributed by atoms with Gasteiger partial charge in [-0.25, -0.2) is 4.79 Å². The van der Waals surface area contributed by atoms with Gasteiger partial charge in [-0.2, -0.15) is 0 Å². The van der Waals surface area contributed by atoms with E-state index in [2.05, 4.69) is 21.2 Å². The number of nitrogens with two attached hydrogens (primary N) is 1. The van der Waals surface area contributed by atoms with E-state index < -0.39 is 17.0 Å². The van der Waals surface area contributed by atoms with Crippen molar-refractivity contribution in [3.05, 3.63) is 55.1 Å². The Hall–Kier alpha value is -2.35.